The van der Waals surface area contributed by atoms with Crippen molar-refractivity contribution in [3.8, 4) is 0 Å². The van der Waals surface area contributed by atoms with E-state index in [1.54, 1.807) is 18.9 Å². The molecule has 0 aliphatic rings. The van der Waals surface area contributed by atoms with Gasteiger partial charge in [-0.1, -0.05) is 13.8 Å². The molecule has 0 unspecified atom stereocenters. The molecule has 0 saturated heterocycles. The molecule has 0 radical (unpaired) electrons. The Labute approximate surface area is 113 Å². The van der Waals surface area contributed by atoms with E-state index in [0.29, 0.717) is 6.54 Å². The van der Waals surface area contributed by atoms with Gasteiger partial charge in [0, 0.05) is 24.2 Å². The first-order valence-corrected chi connectivity index (χ1v) is 6.67. The van der Waals surface area contributed by atoms with Crippen molar-refractivity contribution in [1.29, 1.82) is 0 Å². The van der Waals surface area contributed by atoms with Crippen LogP contribution in [0.1, 0.15) is 31.4 Å². The molecule has 0 amide bonds. The summed E-state index contributed by atoms with van der Waals surface area (Å²) in [6, 6.07) is 1.94. The molecular formula is C14H20N4O. The fourth-order valence-electron chi connectivity index (χ4n) is 1.87. The lowest BCUT2D eigenvalue weighted by atomic mass is 10.2. The molecule has 0 aliphatic heterocycles. The molecule has 5 nitrogen and oxygen atoms in total. The highest BCUT2D eigenvalue weighted by Crippen LogP contribution is 2.21. The summed E-state index contributed by atoms with van der Waals surface area (Å²) >= 11 is 0. The Kier molecular flexibility index (Phi) is 4.78. The Morgan fingerprint density at radius 3 is 2.58 bits per heavy atom. The third kappa shape index (κ3) is 3.47. The zero-order valence-electron chi connectivity index (χ0n) is 11.4. The highest BCUT2D eigenvalue weighted by molar-refractivity contribution is 5.57. The molecule has 0 spiro atoms. The van der Waals surface area contributed by atoms with Gasteiger partial charge in [0.1, 0.15) is 18.0 Å². The molecule has 2 aromatic heterocycles. The number of rotatable bonds is 7. The molecule has 2 N–H and O–H groups in total. The normalized spacial score (nSPS) is 10.4. The number of nitrogens with one attached hydrogen (secondary N) is 2. The van der Waals surface area contributed by atoms with E-state index in [-0.39, 0.29) is 0 Å². The second-order valence-corrected chi connectivity index (χ2v) is 4.31. The van der Waals surface area contributed by atoms with Crippen molar-refractivity contribution in [2.75, 3.05) is 17.2 Å². The van der Waals surface area contributed by atoms with Gasteiger partial charge in [-0.3, -0.25) is 0 Å². The minimum Gasteiger partial charge on any atom is -0.472 e. The monoisotopic (exact) mass is 260 g/mol. The molecule has 0 aliphatic carbocycles. The summed E-state index contributed by atoms with van der Waals surface area (Å²) in [5.41, 5.74) is 2.23. The lowest BCUT2D eigenvalue weighted by Gasteiger charge is -2.13. The van der Waals surface area contributed by atoms with Gasteiger partial charge in [0.2, 0.25) is 0 Å². The lowest BCUT2D eigenvalue weighted by Crippen LogP contribution is -2.10. The highest BCUT2D eigenvalue weighted by Gasteiger charge is 2.09. The van der Waals surface area contributed by atoms with Gasteiger partial charge in [0.05, 0.1) is 12.5 Å². The van der Waals surface area contributed by atoms with Crippen LogP contribution in [0.25, 0.3) is 0 Å². The average Bonchev–Trinajstić information content (AvgIpc) is 2.96. The third-order valence-electron chi connectivity index (χ3n) is 2.88. The number of aromatic nitrogens is 2. The Hall–Kier alpha value is -2.04. The van der Waals surface area contributed by atoms with Crippen LogP contribution in [0.5, 0.6) is 0 Å². The van der Waals surface area contributed by atoms with E-state index in [1.165, 1.54) is 0 Å². The van der Waals surface area contributed by atoms with Crippen LogP contribution in [0.3, 0.4) is 0 Å². The molecule has 5 heteroatoms. The number of hydrogen-bond donors (Lipinski definition) is 2. The predicted octanol–water partition coefficient (Wildman–Crippen LogP) is 3.07. The van der Waals surface area contributed by atoms with Crippen LogP contribution < -0.4 is 10.6 Å². The zero-order valence-corrected chi connectivity index (χ0v) is 11.4. The van der Waals surface area contributed by atoms with Crippen molar-refractivity contribution < 1.29 is 4.42 Å². The summed E-state index contributed by atoms with van der Waals surface area (Å²) in [7, 11) is 0. The molecule has 0 fully saturated rings. The van der Waals surface area contributed by atoms with Crippen molar-refractivity contribution in [2.24, 2.45) is 0 Å². The van der Waals surface area contributed by atoms with Crippen LogP contribution >= 0.6 is 0 Å². The zero-order chi connectivity index (χ0) is 13.5. The largest absolute Gasteiger partial charge is 0.472 e. The molecule has 0 saturated carbocycles. The van der Waals surface area contributed by atoms with Gasteiger partial charge in [-0.05, 0) is 18.9 Å². The minimum atomic E-state index is 0.702. The predicted molar refractivity (Wildman–Crippen MR) is 76.2 cm³/mol. The third-order valence-corrected chi connectivity index (χ3v) is 2.88. The van der Waals surface area contributed by atoms with Crippen molar-refractivity contribution in [1.82, 2.24) is 9.97 Å². The molecule has 2 heterocycles. The van der Waals surface area contributed by atoms with E-state index in [2.05, 4.69) is 34.4 Å². The maximum absolute atomic E-state index is 5.05. The van der Waals surface area contributed by atoms with E-state index in [0.717, 1.165) is 42.1 Å². The Morgan fingerprint density at radius 1 is 1.16 bits per heavy atom. The molecule has 2 rings (SSSR count). The summed E-state index contributed by atoms with van der Waals surface area (Å²) in [5.74, 6) is 1.81. The van der Waals surface area contributed by atoms with Crippen LogP contribution in [-0.2, 0) is 13.0 Å². The smallest absolute Gasteiger partial charge is 0.134 e. The van der Waals surface area contributed by atoms with Crippen molar-refractivity contribution in [3.05, 3.63) is 36.0 Å². The van der Waals surface area contributed by atoms with Gasteiger partial charge >= 0.3 is 0 Å². The average molecular weight is 260 g/mol. The summed E-state index contributed by atoms with van der Waals surface area (Å²) in [6.45, 7) is 5.87. The second kappa shape index (κ2) is 6.78. The first kappa shape index (κ1) is 13.4. The molecule has 0 aromatic carbocycles. The van der Waals surface area contributed by atoms with Gasteiger partial charge in [-0.25, -0.2) is 9.97 Å². The Bertz CT molecular complexity index is 496. The molecular weight excluding hydrogens is 240 g/mol. The maximum Gasteiger partial charge on any atom is 0.134 e. The van der Waals surface area contributed by atoms with Crippen LogP contribution in [0.4, 0.5) is 11.6 Å². The summed E-state index contributed by atoms with van der Waals surface area (Å²) in [5, 5.41) is 6.67. The first-order chi connectivity index (χ1) is 9.35. The van der Waals surface area contributed by atoms with Crippen molar-refractivity contribution in [2.45, 2.75) is 33.2 Å². The van der Waals surface area contributed by atoms with Gasteiger partial charge < -0.3 is 15.1 Å². The van der Waals surface area contributed by atoms with E-state index in [9.17, 15) is 0 Å². The number of hydrogen-bond acceptors (Lipinski definition) is 5. The summed E-state index contributed by atoms with van der Waals surface area (Å²) in [6.07, 6.45) is 6.96. The Balaban J connectivity index is 2.10. The van der Waals surface area contributed by atoms with Gasteiger partial charge in [0.15, 0.2) is 0 Å². The molecule has 19 heavy (non-hydrogen) atoms. The minimum absolute atomic E-state index is 0.702. The van der Waals surface area contributed by atoms with Crippen LogP contribution in [-0.4, -0.2) is 16.5 Å². The van der Waals surface area contributed by atoms with Crippen LogP contribution in [0.15, 0.2) is 29.3 Å². The maximum atomic E-state index is 5.05. The number of nitrogens with zero attached hydrogens (tertiary/aromatic N) is 2. The molecule has 0 atom stereocenters. The summed E-state index contributed by atoms with van der Waals surface area (Å²) < 4.78 is 5.05. The highest BCUT2D eigenvalue weighted by atomic mass is 16.3. The van der Waals surface area contributed by atoms with Crippen molar-refractivity contribution in [3.63, 3.8) is 0 Å². The molecule has 0 bridgehead atoms. The van der Waals surface area contributed by atoms with Gasteiger partial charge in [-0.15, -0.1) is 0 Å². The Morgan fingerprint density at radius 2 is 1.95 bits per heavy atom. The fraction of sp³-hybridized carbons (Fsp3) is 0.429. The van der Waals surface area contributed by atoms with Crippen LogP contribution in [0, 0.1) is 0 Å². The van der Waals surface area contributed by atoms with E-state index in [4.69, 9.17) is 4.42 Å². The standard InChI is InChI=1S/C14H20N4O/c1-3-6-15-13-12(4-2)14(18-10-17-13)16-8-11-5-7-19-9-11/h5,7,9-10H,3-4,6,8H2,1-2H3,(H2,15,16,17,18). The molecule has 102 valence electrons. The van der Waals surface area contributed by atoms with Gasteiger partial charge in [0.25, 0.3) is 0 Å². The number of furan rings is 1. The SMILES string of the molecule is CCCNc1ncnc(NCc2ccoc2)c1CC. The van der Waals surface area contributed by atoms with E-state index < -0.39 is 0 Å². The molecule has 2 aromatic rings. The van der Waals surface area contributed by atoms with E-state index in [1.807, 2.05) is 6.07 Å². The lowest BCUT2D eigenvalue weighted by molar-refractivity contribution is 0.564. The topological polar surface area (TPSA) is 63.0 Å². The van der Waals surface area contributed by atoms with E-state index >= 15 is 0 Å². The van der Waals surface area contributed by atoms with Crippen LogP contribution in [0.2, 0.25) is 0 Å². The van der Waals surface area contributed by atoms with Gasteiger partial charge in [-0.2, -0.15) is 0 Å². The summed E-state index contributed by atoms with van der Waals surface area (Å²) in [4.78, 5) is 8.64. The van der Waals surface area contributed by atoms with Crippen molar-refractivity contribution >= 4 is 11.6 Å². The second-order valence-electron chi connectivity index (χ2n) is 4.31. The quantitative estimate of drug-likeness (QED) is 0.801. The fourth-order valence-corrected chi connectivity index (χ4v) is 1.87. The first-order valence-electron chi connectivity index (χ1n) is 6.67. The number of anilines is 2.